The molecule has 0 radical (unpaired) electrons. The van der Waals surface area contributed by atoms with Crippen molar-refractivity contribution in [2.24, 2.45) is 5.73 Å². The monoisotopic (exact) mass is 343 g/mol. The Bertz CT molecular complexity index is 807. The Labute approximate surface area is 144 Å². The lowest BCUT2D eigenvalue weighted by atomic mass is 9.93. The Morgan fingerprint density at radius 3 is 2.67 bits per heavy atom. The molecular weight excluding hydrogens is 322 g/mol. The highest BCUT2D eigenvalue weighted by molar-refractivity contribution is 7.21. The lowest BCUT2D eigenvalue weighted by Gasteiger charge is -2.30. The highest BCUT2D eigenvalue weighted by Gasteiger charge is 2.28. The van der Waals surface area contributed by atoms with E-state index in [1.165, 1.54) is 0 Å². The Morgan fingerprint density at radius 1 is 1.25 bits per heavy atom. The summed E-state index contributed by atoms with van der Waals surface area (Å²) in [6.45, 7) is 4.44. The van der Waals surface area contributed by atoms with Crippen LogP contribution in [-0.2, 0) is 0 Å². The van der Waals surface area contributed by atoms with Crippen LogP contribution in [0.15, 0.2) is 40.8 Å². The summed E-state index contributed by atoms with van der Waals surface area (Å²) < 4.78 is 6.83. The maximum atomic E-state index is 12.5. The van der Waals surface area contributed by atoms with Gasteiger partial charge in [-0.05, 0) is 37.1 Å². The zero-order chi connectivity index (χ0) is 17.2. The number of benzene rings is 1. The molecule has 0 saturated carbocycles. The number of hydrogen-bond donors (Lipinski definition) is 2. The molecule has 2 aromatic heterocycles. The van der Waals surface area contributed by atoms with Gasteiger partial charge in [-0.15, -0.1) is 11.3 Å². The summed E-state index contributed by atoms with van der Waals surface area (Å²) >= 11 is 1.55. The van der Waals surface area contributed by atoms with Gasteiger partial charge in [0.25, 0.3) is 5.91 Å². The molecule has 3 rings (SSSR count). The third-order valence-corrected chi connectivity index (χ3v) is 5.51. The van der Waals surface area contributed by atoms with Gasteiger partial charge >= 0.3 is 0 Å². The fourth-order valence-electron chi connectivity index (χ4n) is 2.62. The van der Waals surface area contributed by atoms with Crippen molar-refractivity contribution in [2.75, 3.05) is 6.54 Å². The molecule has 1 aromatic carbocycles. The topological polar surface area (TPSA) is 81.1 Å². The number of nitrogens with two attached hydrogens (primary N) is 1. The Hall–Kier alpha value is -2.18. The first-order chi connectivity index (χ1) is 11.6. The van der Waals surface area contributed by atoms with Crippen LogP contribution in [0.1, 0.15) is 37.2 Å². The van der Waals surface area contributed by atoms with Crippen molar-refractivity contribution >= 4 is 27.5 Å². The zero-order valence-electron chi connectivity index (χ0n) is 13.8. The SMILES string of the molecule is CCC(CC)(CN)NC(=O)c1ccc(-c2nc3ccccc3s2)o1. The Kier molecular flexibility index (Phi) is 4.69. The molecule has 0 atom stereocenters. The average molecular weight is 343 g/mol. The van der Waals surface area contributed by atoms with Gasteiger partial charge in [-0.25, -0.2) is 4.98 Å². The lowest BCUT2D eigenvalue weighted by molar-refractivity contribution is 0.0867. The van der Waals surface area contributed by atoms with E-state index in [1.807, 2.05) is 38.1 Å². The summed E-state index contributed by atoms with van der Waals surface area (Å²) in [5.41, 5.74) is 6.38. The van der Waals surface area contributed by atoms with E-state index in [0.717, 1.165) is 28.1 Å². The first kappa shape index (κ1) is 16.7. The Morgan fingerprint density at radius 2 is 2.00 bits per heavy atom. The van der Waals surface area contributed by atoms with Crippen LogP contribution in [0.2, 0.25) is 0 Å². The summed E-state index contributed by atoms with van der Waals surface area (Å²) in [6.07, 6.45) is 1.55. The van der Waals surface area contributed by atoms with E-state index in [0.29, 0.717) is 12.3 Å². The fourth-order valence-corrected chi connectivity index (χ4v) is 3.55. The van der Waals surface area contributed by atoms with Crippen LogP contribution in [0.4, 0.5) is 0 Å². The smallest absolute Gasteiger partial charge is 0.287 e. The van der Waals surface area contributed by atoms with Crippen molar-refractivity contribution in [2.45, 2.75) is 32.2 Å². The molecule has 0 aliphatic carbocycles. The summed E-state index contributed by atoms with van der Waals surface area (Å²) in [5.74, 6) is 0.646. The van der Waals surface area contributed by atoms with E-state index in [1.54, 1.807) is 23.5 Å². The second-order valence-corrected chi connectivity index (χ2v) is 6.83. The van der Waals surface area contributed by atoms with Crippen LogP contribution in [0, 0.1) is 0 Å². The van der Waals surface area contributed by atoms with Crippen LogP contribution in [0.25, 0.3) is 21.0 Å². The summed E-state index contributed by atoms with van der Waals surface area (Å²) in [7, 11) is 0. The number of thiazole rings is 1. The van der Waals surface area contributed by atoms with E-state index in [2.05, 4.69) is 10.3 Å². The molecule has 3 N–H and O–H groups in total. The van der Waals surface area contributed by atoms with Gasteiger partial charge in [0.15, 0.2) is 16.5 Å². The Balaban J connectivity index is 1.83. The highest BCUT2D eigenvalue weighted by Crippen LogP contribution is 2.31. The lowest BCUT2D eigenvalue weighted by Crippen LogP contribution is -2.52. The second-order valence-electron chi connectivity index (χ2n) is 5.80. The molecule has 0 saturated heterocycles. The number of carbonyl (C=O) groups is 1. The molecule has 1 amide bonds. The zero-order valence-corrected chi connectivity index (χ0v) is 14.7. The number of para-hydroxylation sites is 1. The molecular formula is C18H21N3O2S. The normalized spacial score (nSPS) is 11.8. The van der Waals surface area contributed by atoms with E-state index in [4.69, 9.17) is 10.2 Å². The van der Waals surface area contributed by atoms with Gasteiger partial charge in [0.2, 0.25) is 0 Å². The van der Waals surface area contributed by atoms with Crippen LogP contribution in [0.3, 0.4) is 0 Å². The molecule has 5 nitrogen and oxygen atoms in total. The second kappa shape index (κ2) is 6.75. The number of nitrogens with one attached hydrogen (secondary N) is 1. The average Bonchev–Trinajstić information content (AvgIpc) is 3.26. The van der Waals surface area contributed by atoms with Gasteiger partial charge in [-0.2, -0.15) is 0 Å². The molecule has 0 bridgehead atoms. The minimum Gasteiger partial charge on any atom is -0.448 e. The minimum atomic E-state index is -0.389. The standard InChI is InChI=1S/C18H21N3O2S/c1-3-18(4-2,11-19)21-16(22)13-9-10-14(23-13)17-20-12-7-5-6-8-15(12)24-17/h5-10H,3-4,11,19H2,1-2H3,(H,21,22). The van der Waals surface area contributed by atoms with Gasteiger partial charge < -0.3 is 15.5 Å². The number of aromatic nitrogens is 1. The van der Waals surface area contributed by atoms with Crippen LogP contribution in [-0.4, -0.2) is 23.0 Å². The largest absolute Gasteiger partial charge is 0.448 e. The first-order valence-corrected chi connectivity index (χ1v) is 8.91. The third kappa shape index (κ3) is 3.07. The molecule has 3 aromatic rings. The van der Waals surface area contributed by atoms with Crippen molar-refractivity contribution < 1.29 is 9.21 Å². The molecule has 0 fully saturated rings. The van der Waals surface area contributed by atoms with Crippen molar-refractivity contribution in [3.63, 3.8) is 0 Å². The first-order valence-electron chi connectivity index (χ1n) is 8.09. The molecule has 0 aliphatic heterocycles. The summed E-state index contributed by atoms with van der Waals surface area (Å²) in [4.78, 5) is 17.0. The van der Waals surface area contributed by atoms with Crippen LogP contribution >= 0.6 is 11.3 Å². The van der Waals surface area contributed by atoms with Crippen LogP contribution in [0.5, 0.6) is 0 Å². The van der Waals surface area contributed by atoms with E-state index in [9.17, 15) is 4.79 Å². The van der Waals surface area contributed by atoms with Gasteiger partial charge in [0.05, 0.1) is 15.8 Å². The van der Waals surface area contributed by atoms with Gasteiger partial charge in [0, 0.05) is 6.54 Å². The molecule has 2 heterocycles. The number of fused-ring (bicyclic) bond motifs is 1. The summed E-state index contributed by atoms with van der Waals surface area (Å²) in [5, 5.41) is 3.78. The van der Waals surface area contributed by atoms with Crippen molar-refractivity contribution in [1.82, 2.24) is 10.3 Å². The van der Waals surface area contributed by atoms with Crippen molar-refractivity contribution in [3.8, 4) is 10.8 Å². The fraction of sp³-hybridized carbons (Fsp3) is 0.333. The molecule has 0 aliphatic rings. The third-order valence-electron chi connectivity index (χ3n) is 4.46. The summed E-state index contributed by atoms with van der Waals surface area (Å²) in [6, 6.07) is 11.4. The predicted octanol–water partition coefficient (Wildman–Crippen LogP) is 3.80. The van der Waals surface area contributed by atoms with E-state index < -0.39 is 0 Å². The van der Waals surface area contributed by atoms with Crippen LogP contribution < -0.4 is 11.1 Å². The van der Waals surface area contributed by atoms with E-state index in [-0.39, 0.29) is 17.2 Å². The quantitative estimate of drug-likeness (QED) is 0.713. The molecule has 0 unspecified atom stereocenters. The number of nitrogens with zero attached hydrogens (tertiary/aromatic N) is 1. The molecule has 24 heavy (non-hydrogen) atoms. The molecule has 126 valence electrons. The maximum Gasteiger partial charge on any atom is 0.287 e. The van der Waals surface area contributed by atoms with E-state index >= 15 is 0 Å². The maximum absolute atomic E-state index is 12.5. The van der Waals surface area contributed by atoms with Gasteiger partial charge in [-0.1, -0.05) is 26.0 Å². The predicted molar refractivity (Wildman–Crippen MR) is 97.2 cm³/mol. The minimum absolute atomic E-state index is 0.239. The van der Waals surface area contributed by atoms with Crippen molar-refractivity contribution in [1.29, 1.82) is 0 Å². The van der Waals surface area contributed by atoms with Gasteiger partial charge in [-0.3, -0.25) is 4.79 Å². The molecule has 0 spiro atoms. The number of rotatable bonds is 6. The number of amides is 1. The van der Waals surface area contributed by atoms with Gasteiger partial charge in [0.1, 0.15) is 0 Å². The number of furan rings is 1. The number of carbonyl (C=O) groups excluding carboxylic acids is 1. The van der Waals surface area contributed by atoms with Crippen molar-refractivity contribution in [3.05, 3.63) is 42.2 Å². The molecule has 6 heteroatoms. The highest BCUT2D eigenvalue weighted by atomic mass is 32.1. The number of hydrogen-bond acceptors (Lipinski definition) is 5.